The van der Waals surface area contributed by atoms with Gasteiger partial charge in [0, 0.05) is 18.1 Å². The van der Waals surface area contributed by atoms with Crippen LogP contribution < -0.4 is 0 Å². The molecule has 14 heavy (non-hydrogen) atoms. The lowest BCUT2D eigenvalue weighted by atomic mass is 10.2. The van der Waals surface area contributed by atoms with Crippen molar-refractivity contribution in [1.82, 2.24) is 4.90 Å². The van der Waals surface area contributed by atoms with Gasteiger partial charge in [0.05, 0.1) is 0 Å². The van der Waals surface area contributed by atoms with Gasteiger partial charge in [0.25, 0.3) is 0 Å². The monoisotopic (exact) mass is 217 g/mol. The minimum absolute atomic E-state index is 0.0621. The van der Waals surface area contributed by atoms with Crippen LogP contribution in [0.15, 0.2) is 0 Å². The van der Waals surface area contributed by atoms with Crippen LogP contribution in [0.3, 0.4) is 0 Å². The summed E-state index contributed by atoms with van der Waals surface area (Å²) in [6, 6.07) is -0.0621. The Kier molecular flexibility index (Phi) is 3.84. The molecule has 0 saturated carbocycles. The molecule has 0 bridgehead atoms. The molecule has 0 aromatic rings. The van der Waals surface area contributed by atoms with E-state index in [0.717, 1.165) is 18.1 Å². The molecule has 82 valence electrons. The molecule has 0 aliphatic carbocycles. The van der Waals surface area contributed by atoms with Gasteiger partial charge in [0.15, 0.2) is 0 Å². The fourth-order valence-electron chi connectivity index (χ4n) is 1.30. The maximum Gasteiger partial charge on any atom is 0.324 e. The standard InChI is InChI=1S/C10H19NO2S/c1-10(2,3)13-9(12)8-7-14-6-5-11(8)4/h8H,5-7H2,1-4H3. The zero-order chi connectivity index (χ0) is 10.8. The number of likely N-dealkylation sites (N-methyl/N-ethyl adjacent to an activating group) is 1. The molecule has 1 atom stereocenters. The average molecular weight is 217 g/mol. The molecule has 0 amide bonds. The molecular formula is C10H19NO2S. The van der Waals surface area contributed by atoms with Crippen LogP contribution in [0, 0.1) is 0 Å². The number of nitrogens with zero attached hydrogens (tertiary/aromatic N) is 1. The van der Waals surface area contributed by atoms with E-state index in [2.05, 4.69) is 4.90 Å². The van der Waals surface area contributed by atoms with Gasteiger partial charge >= 0.3 is 5.97 Å². The lowest BCUT2D eigenvalue weighted by Crippen LogP contribution is -2.47. The molecule has 0 spiro atoms. The first-order chi connectivity index (χ1) is 6.40. The fraction of sp³-hybridized carbons (Fsp3) is 0.900. The van der Waals surface area contributed by atoms with Crippen LogP contribution in [0.25, 0.3) is 0 Å². The van der Waals surface area contributed by atoms with Crippen molar-refractivity contribution >= 4 is 17.7 Å². The quantitative estimate of drug-likeness (QED) is 0.621. The molecule has 4 heteroatoms. The summed E-state index contributed by atoms with van der Waals surface area (Å²) in [7, 11) is 1.98. The molecule has 0 N–H and O–H groups in total. The summed E-state index contributed by atoms with van der Waals surface area (Å²) in [5.41, 5.74) is -0.375. The first-order valence-corrected chi connectivity index (χ1v) is 6.06. The summed E-state index contributed by atoms with van der Waals surface area (Å²) in [5.74, 6) is 1.87. The Labute approximate surface area is 90.2 Å². The van der Waals surface area contributed by atoms with Crippen molar-refractivity contribution in [3.8, 4) is 0 Å². The summed E-state index contributed by atoms with van der Waals surface area (Å²) in [4.78, 5) is 13.8. The summed E-state index contributed by atoms with van der Waals surface area (Å²) < 4.78 is 5.35. The molecule has 0 radical (unpaired) electrons. The van der Waals surface area contributed by atoms with Gasteiger partial charge in [0.1, 0.15) is 11.6 Å². The third kappa shape index (κ3) is 3.50. The molecule has 1 rings (SSSR count). The van der Waals surface area contributed by atoms with Crippen molar-refractivity contribution in [2.24, 2.45) is 0 Å². The van der Waals surface area contributed by atoms with E-state index < -0.39 is 0 Å². The SMILES string of the molecule is CN1CCSCC1C(=O)OC(C)(C)C. The number of hydrogen-bond acceptors (Lipinski definition) is 4. The first-order valence-electron chi connectivity index (χ1n) is 4.91. The van der Waals surface area contributed by atoms with Crippen molar-refractivity contribution in [3.63, 3.8) is 0 Å². The zero-order valence-electron chi connectivity index (χ0n) is 9.37. The molecule has 0 aromatic carbocycles. The van der Waals surface area contributed by atoms with Crippen molar-refractivity contribution < 1.29 is 9.53 Å². The Morgan fingerprint density at radius 2 is 2.14 bits per heavy atom. The summed E-state index contributed by atoms with van der Waals surface area (Å²) >= 11 is 1.82. The van der Waals surface area contributed by atoms with Crippen molar-refractivity contribution in [2.45, 2.75) is 32.4 Å². The van der Waals surface area contributed by atoms with Gasteiger partial charge in [-0.2, -0.15) is 11.8 Å². The van der Waals surface area contributed by atoms with Crippen LogP contribution in [0.5, 0.6) is 0 Å². The minimum atomic E-state index is -0.375. The number of carbonyl (C=O) groups excluding carboxylic acids is 1. The van der Waals surface area contributed by atoms with Gasteiger partial charge in [-0.25, -0.2) is 0 Å². The van der Waals surface area contributed by atoms with Gasteiger partial charge in [-0.05, 0) is 27.8 Å². The molecule has 0 aromatic heterocycles. The van der Waals surface area contributed by atoms with Crippen LogP contribution in [-0.2, 0) is 9.53 Å². The second-order valence-corrected chi connectivity index (χ2v) is 5.75. The zero-order valence-corrected chi connectivity index (χ0v) is 10.2. The average Bonchev–Trinajstić information content (AvgIpc) is 2.01. The highest BCUT2D eigenvalue weighted by molar-refractivity contribution is 7.99. The maximum atomic E-state index is 11.7. The maximum absolute atomic E-state index is 11.7. The van der Waals surface area contributed by atoms with E-state index in [0.29, 0.717) is 0 Å². The predicted molar refractivity (Wildman–Crippen MR) is 59.6 cm³/mol. The highest BCUT2D eigenvalue weighted by Gasteiger charge is 2.30. The number of esters is 1. The third-order valence-corrected chi connectivity index (χ3v) is 3.10. The largest absolute Gasteiger partial charge is 0.459 e. The normalized spacial score (nSPS) is 24.7. The molecule has 1 aliphatic rings. The Bertz CT molecular complexity index is 213. The van der Waals surface area contributed by atoms with Crippen molar-refractivity contribution in [3.05, 3.63) is 0 Å². The van der Waals surface area contributed by atoms with Crippen molar-refractivity contribution in [2.75, 3.05) is 25.1 Å². The highest BCUT2D eigenvalue weighted by Crippen LogP contribution is 2.18. The van der Waals surface area contributed by atoms with E-state index in [1.165, 1.54) is 0 Å². The van der Waals surface area contributed by atoms with E-state index in [4.69, 9.17) is 4.74 Å². The van der Waals surface area contributed by atoms with E-state index in [1.807, 2.05) is 39.6 Å². The van der Waals surface area contributed by atoms with Crippen LogP contribution in [0.4, 0.5) is 0 Å². The van der Waals surface area contributed by atoms with Crippen LogP contribution >= 0.6 is 11.8 Å². The van der Waals surface area contributed by atoms with Gasteiger partial charge < -0.3 is 4.74 Å². The van der Waals surface area contributed by atoms with Gasteiger partial charge in [0.2, 0.25) is 0 Å². The summed E-state index contributed by atoms with van der Waals surface area (Å²) in [6.07, 6.45) is 0. The summed E-state index contributed by atoms with van der Waals surface area (Å²) in [5, 5.41) is 0. The Morgan fingerprint density at radius 3 is 2.64 bits per heavy atom. The highest BCUT2D eigenvalue weighted by atomic mass is 32.2. The van der Waals surface area contributed by atoms with Gasteiger partial charge in [-0.15, -0.1) is 0 Å². The molecular weight excluding hydrogens is 198 g/mol. The minimum Gasteiger partial charge on any atom is -0.459 e. The second-order valence-electron chi connectivity index (χ2n) is 4.60. The van der Waals surface area contributed by atoms with E-state index >= 15 is 0 Å². The number of carbonyl (C=O) groups is 1. The number of thioether (sulfide) groups is 1. The molecule has 1 heterocycles. The van der Waals surface area contributed by atoms with Gasteiger partial charge in [-0.1, -0.05) is 0 Å². The third-order valence-electron chi connectivity index (χ3n) is 2.07. The Morgan fingerprint density at radius 1 is 1.50 bits per heavy atom. The number of rotatable bonds is 1. The van der Waals surface area contributed by atoms with Crippen LogP contribution in [0.1, 0.15) is 20.8 Å². The summed E-state index contributed by atoms with van der Waals surface area (Å²) in [6.45, 7) is 6.68. The lowest BCUT2D eigenvalue weighted by molar-refractivity contribution is -0.160. The smallest absolute Gasteiger partial charge is 0.324 e. The van der Waals surface area contributed by atoms with E-state index in [9.17, 15) is 4.79 Å². The van der Waals surface area contributed by atoms with Gasteiger partial charge in [-0.3, -0.25) is 9.69 Å². The molecule has 1 fully saturated rings. The first kappa shape index (κ1) is 11.9. The van der Waals surface area contributed by atoms with Crippen molar-refractivity contribution in [1.29, 1.82) is 0 Å². The number of hydrogen-bond donors (Lipinski definition) is 0. The van der Waals surface area contributed by atoms with Crippen LogP contribution in [0.2, 0.25) is 0 Å². The molecule has 1 unspecified atom stereocenters. The lowest BCUT2D eigenvalue weighted by Gasteiger charge is -2.32. The fourth-order valence-corrected chi connectivity index (χ4v) is 2.50. The van der Waals surface area contributed by atoms with E-state index in [1.54, 1.807) is 0 Å². The molecule has 1 aliphatic heterocycles. The number of ether oxygens (including phenoxy) is 1. The topological polar surface area (TPSA) is 29.5 Å². The second kappa shape index (κ2) is 4.53. The predicted octanol–water partition coefficient (Wildman–Crippen LogP) is 1.38. The Hall–Kier alpha value is -0.220. The van der Waals surface area contributed by atoms with Crippen LogP contribution in [-0.4, -0.2) is 47.6 Å². The molecule has 1 saturated heterocycles. The van der Waals surface area contributed by atoms with E-state index in [-0.39, 0.29) is 17.6 Å². The molecule has 3 nitrogen and oxygen atoms in total. The Balaban J connectivity index is 2.50.